The van der Waals surface area contributed by atoms with Gasteiger partial charge in [-0.2, -0.15) is 0 Å². The van der Waals surface area contributed by atoms with Gasteiger partial charge in [0.15, 0.2) is 5.65 Å². The van der Waals surface area contributed by atoms with Crippen LogP contribution in [0.4, 0.5) is 11.4 Å². The van der Waals surface area contributed by atoms with Crippen LogP contribution in [0.3, 0.4) is 0 Å². The van der Waals surface area contributed by atoms with E-state index in [0.29, 0.717) is 19.7 Å². The minimum Gasteiger partial charge on any atom is -0.378 e. The van der Waals surface area contributed by atoms with Gasteiger partial charge < -0.3 is 19.4 Å². The van der Waals surface area contributed by atoms with Gasteiger partial charge in [0, 0.05) is 25.0 Å². The van der Waals surface area contributed by atoms with E-state index in [0.717, 1.165) is 28.4 Å². The normalized spacial score (nSPS) is 14.7. The Bertz CT molecular complexity index is 1030. The summed E-state index contributed by atoms with van der Waals surface area (Å²) in [7, 11) is 0. The van der Waals surface area contributed by atoms with Crippen molar-refractivity contribution in [2.24, 2.45) is 0 Å². The highest BCUT2D eigenvalue weighted by Crippen LogP contribution is 2.28. The van der Waals surface area contributed by atoms with Gasteiger partial charge in [-0.05, 0) is 50.5 Å². The zero-order valence-electron chi connectivity index (χ0n) is 16.9. The van der Waals surface area contributed by atoms with Gasteiger partial charge in [-0.3, -0.25) is 4.79 Å². The number of pyridine rings is 1. The van der Waals surface area contributed by atoms with Crippen molar-refractivity contribution in [1.82, 2.24) is 9.38 Å². The predicted octanol–water partition coefficient (Wildman–Crippen LogP) is 3.54. The molecule has 0 aliphatic carbocycles. The van der Waals surface area contributed by atoms with Gasteiger partial charge in [0.2, 0.25) is 0 Å². The SMILES string of the molecule is Cc1cccc(C)c1CNc1cc(N2CCOCC2=O)cn2c(C)c(C)nc12. The average molecular weight is 378 g/mol. The molecular weight excluding hydrogens is 352 g/mol. The summed E-state index contributed by atoms with van der Waals surface area (Å²) in [4.78, 5) is 18.9. The van der Waals surface area contributed by atoms with Crippen molar-refractivity contribution in [1.29, 1.82) is 0 Å². The topological polar surface area (TPSA) is 58.9 Å². The number of rotatable bonds is 4. The van der Waals surface area contributed by atoms with Crippen molar-refractivity contribution in [2.45, 2.75) is 34.2 Å². The quantitative estimate of drug-likeness (QED) is 0.754. The molecule has 6 nitrogen and oxygen atoms in total. The van der Waals surface area contributed by atoms with Gasteiger partial charge in [-0.15, -0.1) is 0 Å². The van der Waals surface area contributed by atoms with Gasteiger partial charge in [-0.25, -0.2) is 4.98 Å². The molecule has 3 aromatic rings. The highest BCUT2D eigenvalue weighted by molar-refractivity contribution is 5.95. The van der Waals surface area contributed by atoms with E-state index in [2.05, 4.69) is 48.7 Å². The predicted molar refractivity (Wildman–Crippen MR) is 111 cm³/mol. The molecule has 4 rings (SSSR count). The molecule has 1 aliphatic rings. The van der Waals surface area contributed by atoms with Crippen molar-refractivity contribution in [3.05, 3.63) is 58.5 Å². The highest BCUT2D eigenvalue weighted by atomic mass is 16.5. The first-order chi connectivity index (χ1) is 13.5. The largest absolute Gasteiger partial charge is 0.378 e. The number of hydrogen-bond donors (Lipinski definition) is 1. The van der Waals surface area contributed by atoms with Crippen molar-refractivity contribution >= 4 is 22.9 Å². The summed E-state index contributed by atoms with van der Waals surface area (Å²) in [6.07, 6.45) is 2.00. The smallest absolute Gasteiger partial charge is 0.253 e. The maximum absolute atomic E-state index is 12.4. The lowest BCUT2D eigenvalue weighted by atomic mass is 10.0. The maximum Gasteiger partial charge on any atom is 0.253 e. The van der Waals surface area contributed by atoms with Gasteiger partial charge in [0.1, 0.15) is 6.61 Å². The fraction of sp³-hybridized carbons (Fsp3) is 0.364. The van der Waals surface area contributed by atoms with Crippen LogP contribution < -0.4 is 10.2 Å². The lowest BCUT2D eigenvalue weighted by Crippen LogP contribution is -2.41. The first-order valence-electron chi connectivity index (χ1n) is 9.62. The minimum absolute atomic E-state index is 0.0132. The standard InChI is InChI=1S/C22H26N4O2/c1-14-6-5-7-15(2)19(14)11-23-20-10-18(25-8-9-28-13-21(25)27)12-26-17(4)16(3)24-22(20)26/h5-7,10,12,23H,8-9,11,13H2,1-4H3. The Hall–Kier alpha value is -2.86. The second kappa shape index (κ2) is 7.28. The monoisotopic (exact) mass is 378 g/mol. The molecule has 6 heteroatoms. The van der Waals surface area contributed by atoms with Crippen LogP contribution in [0.2, 0.25) is 0 Å². The molecule has 1 aliphatic heterocycles. The lowest BCUT2D eigenvalue weighted by molar-refractivity contribution is -0.125. The Balaban J connectivity index is 1.75. The second-order valence-corrected chi connectivity index (χ2v) is 7.41. The highest BCUT2D eigenvalue weighted by Gasteiger charge is 2.22. The molecule has 146 valence electrons. The number of nitrogens with zero attached hydrogens (tertiary/aromatic N) is 3. The van der Waals surface area contributed by atoms with Crippen molar-refractivity contribution in [3.8, 4) is 0 Å². The van der Waals surface area contributed by atoms with E-state index in [-0.39, 0.29) is 12.5 Å². The Kier molecular flexibility index (Phi) is 4.81. The second-order valence-electron chi connectivity index (χ2n) is 7.41. The molecule has 0 saturated carbocycles. The third-order valence-corrected chi connectivity index (χ3v) is 5.58. The van der Waals surface area contributed by atoms with E-state index in [9.17, 15) is 4.79 Å². The Morgan fingerprint density at radius 1 is 1.18 bits per heavy atom. The molecule has 1 saturated heterocycles. The Morgan fingerprint density at radius 3 is 2.64 bits per heavy atom. The number of carbonyl (C=O) groups excluding carboxylic acids is 1. The van der Waals surface area contributed by atoms with Gasteiger partial charge in [-0.1, -0.05) is 18.2 Å². The number of anilines is 2. The Labute approximate surface area is 165 Å². The van der Waals surface area contributed by atoms with Crippen LogP contribution in [-0.4, -0.2) is 35.1 Å². The summed E-state index contributed by atoms with van der Waals surface area (Å²) in [5.41, 5.74) is 8.55. The molecule has 0 radical (unpaired) electrons. The van der Waals surface area contributed by atoms with Crippen molar-refractivity contribution in [3.63, 3.8) is 0 Å². The maximum atomic E-state index is 12.4. The number of carbonyl (C=O) groups is 1. The van der Waals surface area contributed by atoms with E-state index in [1.807, 2.05) is 19.2 Å². The van der Waals surface area contributed by atoms with Crippen molar-refractivity contribution < 1.29 is 9.53 Å². The molecule has 1 fully saturated rings. The third-order valence-electron chi connectivity index (χ3n) is 5.58. The number of imidazole rings is 1. The number of morpholine rings is 1. The van der Waals surface area contributed by atoms with E-state index in [1.165, 1.54) is 16.7 Å². The summed E-state index contributed by atoms with van der Waals surface area (Å²) >= 11 is 0. The van der Waals surface area contributed by atoms with E-state index < -0.39 is 0 Å². The van der Waals surface area contributed by atoms with Crippen LogP contribution in [0, 0.1) is 27.7 Å². The van der Waals surface area contributed by atoms with Gasteiger partial charge >= 0.3 is 0 Å². The fourth-order valence-electron chi connectivity index (χ4n) is 3.74. The molecule has 1 amide bonds. The van der Waals surface area contributed by atoms with Gasteiger partial charge in [0.05, 0.1) is 23.7 Å². The molecule has 0 spiro atoms. The summed E-state index contributed by atoms with van der Waals surface area (Å²) in [5, 5.41) is 3.57. The number of hydrogen-bond acceptors (Lipinski definition) is 4. The average Bonchev–Trinajstić information content (AvgIpc) is 2.96. The van der Waals surface area contributed by atoms with Crippen molar-refractivity contribution in [2.75, 3.05) is 30.0 Å². The number of aryl methyl sites for hydroxylation is 4. The van der Waals surface area contributed by atoms with Crippen LogP contribution in [-0.2, 0) is 16.1 Å². The van der Waals surface area contributed by atoms with Crippen LogP contribution in [0.25, 0.3) is 5.65 Å². The van der Waals surface area contributed by atoms with E-state index in [1.54, 1.807) is 4.90 Å². The summed E-state index contributed by atoms with van der Waals surface area (Å²) in [6.45, 7) is 10.3. The number of aromatic nitrogens is 2. The van der Waals surface area contributed by atoms with Crippen LogP contribution >= 0.6 is 0 Å². The molecule has 0 atom stereocenters. The van der Waals surface area contributed by atoms with Crippen LogP contribution in [0.5, 0.6) is 0 Å². The fourth-order valence-corrected chi connectivity index (χ4v) is 3.74. The molecule has 28 heavy (non-hydrogen) atoms. The number of fused-ring (bicyclic) bond motifs is 1. The first-order valence-corrected chi connectivity index (χ1v) is 9.62. The zero-order chi connectivity index (χ0) is 19.8. The molecule has 0 bridgehead atoms. The zero-order valence-corrected chi connectivity index (χ0v) is 16.9. The molecule has 1 N–H and O–H groups in total. The first kappa shape index (κ1) is 18.5. The number of nitrogens with one attached hydrogen (secondary N) is 1. The molecule has 1 aromatic carbocycles. The van der Waals surface area contributed by atoms with E-state index in [4.69, 9.17) is 9.72 Å². The molecule has 3 heterocycles. The van der Waals surface area contributed by atoms with Crippen LogP contribution in [0.1, 0.15) is 28.1 Å². The van der Waals surface area contributed by atoms with Crippen LogP contribution in [0.15, 0.2) is 30.5 Å². The summed E-state index contributed by atoms with van der Waals surface area (Å²) in [6, 6.07) is 8.37. The number of benzene rings is 1. The summed E-state index contributed by atoms with van der Waals surface area (Å²) < 4.78 is 7.35. The number of ether oxygens (including phenoxy) is 1. The summed E-state index contributed by atoms with van der Waals surface area (Å²) in [5.74, 6) is -0.0132. The van der Waals surface area contributed by atoms with Gasteiger partial charge in [0.25, 0.3) is 5.91 Å². The Morgan fingerprint density at radius 2 is 1.93 bits per heavy atom. The molecular formula is C22H26N4O2. The van der Waals surface area contributed by atoms with E-state index >= 15 is 0 Å². The number of amides is 1. The third kappa shape index (κ3) is 3.24. The molecule has 0 unspecified atom stereocenters. The minimum atomic E-state index is -0.0132. The molecule has 2 aromatic heterocycles. The lowest BCUT2D eigenvalue weighted by Gasteiger charge is -2.27.